The Morgan fingerprint density at radius 2 is 1.88 bits per heavy atom. The molecule has 0 saturated heterocycles. The van der Waals surface area contributed by atoms with Gasteiger partial charge in [0.05, 0.1) is 5.56 Å². The summed E-state index contributed by atoms with van der Waals surface area (Å²) in [5.74, 6) is 0.0706. The third-order valence-electron chi connectivity index (χ3n) is 3.95. The van der Waals surface area contributed by atoms with Crippen molar-refractivity contribution in [2.45, 2.75) is 13.5 Å². The Hall–Kier alpha value is -2.98. The molecule has 3 aromatic rings. The molecule has 3 rings (SSSR count). The number of hydrogen-bond acceptors (Lipinski definition) is 3. The fourth-order valence-electron chi connectivity index (χ4n) is 2.49. The van der Waals surface area contributed by atoms with Crippen LogP contribution < -0.4 is 10.1 Å². The van der Waals surface area contributed by atoms with Gasteiger partial charge in [-0.15, -0.1) is 0 Å². The molecule has 0 fully saturated rings. The molecule has 0 aliphatic heterocycles. The molecule has 0 aliphatic rings. The molecule has 3 aromatic carbocycles. The minimum Gasteiger partial charge on any atom is -0.507 e. The number of nitrogens with one attached hydrogen (secondary N) is 1. The molecule has 0 unspecified atom stereocenters. The van der Waals surface area contributed by atoms with Gasteiger partial charge in [-0.25, -0.2) is 0 Å². The molecule has 132 valence electrons. The van der Waals surface area contributed by atoms with Crippen molar-refractivity contribution >= 4 is 23.2 Å². The smallest absolute Gasteiger partial charge is 0.259 e. The van der Waals surface area contributed by atoms with Crippen LogP contribution in [0.15, 0.2) is 66.7 Å². The third kappa shape index (κ3) is 4.35. The van der Waals surface area contributed by atoms with E-state index >= 15 is 0 Å². The first-order valence-electron chi connectivity index (χ1n) is 8.10. The van der Waals surface area contributed by atoms with Gasteiger partial charge in [0.1, 0.15) is 18.1 Å². The monoisotopic (exact) mass is 367 g/mol. The lowest BCUT2D eigenvalue weighted by molar-refractivity contribution is 0.102. The van der Waals surface area contributed by atoms with E-state index in [2.05, 4.69) is 5.32 Å². The van der Waals surface area contributed by atoms with Gasteiger partial charge in [0.25, 0.3) is 5.91 Å². The molecule has 0 aliphatic carbocycles. The highest BCUT2D eigenvalue weighted by molar-refractivity contribution is 6.31. The van der Waals surface area contributed by atoms with Gasteiger partial charge in [-0.3, -0.25) is 4.79 Å². The molecule has 0 heterocycles. The molecule has 0 spiro atoms. The van der Waals surface area contributed by atoms with Gasteiger partial charge in [-0.2, -0.15) is 0 Å². The van der Waals surface area contributed by atoms with Gasteiger partial charge in [0.2, 0.25) is 0 Å². The molecular weight excluding hydrogens is 350 g/mol. The highest BCUT2D eigenvalue weighted by Crippen LogP contribution is 2.24. The number of halogens is 1. The molecule has 0 saturated carbocycles. The number of hydrogen-bond donors (Lipinski definition) is 2. The van der Waals surface area contributed by atoms with Crippen molar-refractivity contribution in [2.24, 2.45) is 0 Å². The van der Waals surface area contributed by atoms with Gasteiger partial charge in [-0.05, 0) is 48.4 Å². The zero-order chi connectivity index (χ0) is 18.5. The van der Waals surface area contributed by atoms with Crippen molar-refractivity contribution in [2.75, 3.05) is 5.32 Å². The van der Waals surface area contributed by atoms with E-state index in [1.807, 2.05) is 37.3 Å². The number of rotatable bonds is 5. The standard InChI is InChI=1S/C21H18ClNO3/c1-14-5-2-3-6-15(14)13-26-18-8-4-7-17(12-18)23-21(25)19-11-16(22)9-10-20(19)24/h2-12,24H,13H2,1H3,(H,23,25). The number of phenols is 1. The van der Waals surface area contributed by atoms with E-state index in [0.29, 0.717) is 23.1 Å². The summed E-state index contributed by atoms with van der Waals surface area (Å²) in [6.07, 6.45) is 0. The van der Waals surface area contributed by atoms with E-state index in [1.165, 1.54) is 18.2 Å². The van der Waals surface area contributed by atoms with Crippen LogP contribution in [0.2, 0.25) is 5.02 Å². The Morgan fingerprint density at radius 1 is 1.08 bits per heavy atom. The number of anilines is 1. The fourth-order valence-corrected chi connectivity index (χ4v) is 2.66. The van der Waals surface area contributed by atoms with Crippen molar-refractivity contribution < 1.29 is 14.6 Å². The van der Waals surface area contributed by atoms with E-state index in [-0.39, 0.29) is 11.3 Å². The van der Waals surface area contributed by atoms with Crippen LogP contribution in [0.4, 0.5) is 5.69 Å². The molecule has 4 nitrogen and oxygen atoms in total. The van der Waals surface area contributed by atoms with Crippen LogP contribution in [0, 0.1) is 6.92 Å². The van der Waals surface area contributed by atoms with Crippen molar-refractivity contribution in [3.05, 3.63) is 88.4 Å². The van der Waals surface area contributed by atoms with Gasteiger partial charge < -0.3 is 15.2 Å². The normalized spacial score (nSPS) is 10.4. The first kappa shape index (κ1) is 17.8. The van der Waals surface area contributed by atoms with Gasteiger partial charge in [0, 0.05) is 16.8 Å². The lowest BCUT2D eigenvalue weighted by Gasteiger charge is -2.11. The van der Waals surface area contributed by atoms with Gasteiger partial charge in [-0.1, -0.05) is 41.9 Å². The molecule has 26 heavy (non-hydrogen) atoms. The third-order valence-corrected chi connectivity index (χ3v) is 4.19. The summed E-state index contributed by atoms with van der Waals surface area (Å²) in [5.41, 5.74) is 2.94. The van der Waals surface area contributed by atoms with Gasteiger partial charge in [0.15, 0.2) is 0 Å². The Labute approximate surface area is 157 Å². The van der Waals surface area contributed by atoms with Gasteiger partial charge >= 0.3 is 0 Å². The number of carbonyl (C=O) groups excluding carboxylic acids is 1. The Morgan fingerprint density at radius 3 is 2.69 bits per heavy atom. The van der Waals surface area contributed by atoms with Crippen LogP contribution in [0.3, 0.4) is 0 Å². The molecule has 0 aromatic heterocycles. The highest BCUT2D eigenvalue weighted by Gasteiger charge is 2.12. The van der Waals surface area contributed by atoms with Crippen molar-refractivity contribution in [3.8, 4) is 11.5 Å². The summed E-state index contributed by atoms with van der Waals surface area (Å²) < 4.78 is 5.82. The number of amides is 1. The fraction of sp³-hybridized carbons (Fsp3) is 0.0952. The zero-order valence-corrected chi connectivity index (χ0v) is 15.0. The van der Waals surface area contributed by atoms with Crippen LogP contribution >= 0.6 is 11.6 Å². The van der Waals surface area contributed by atoms with Crippen LogP contribution in [-0.4, -0.2) is 11.0 Å². The maximum Gasteiger partial charge on any atom is 0.259 e. The van der Waals surface area contributed by atoms with E-state index in [4.69, 9.17) is 16.3 Å². The Balaban J connectivity index is 1.70. The zero-order valence-electron chi connectivity index (χ0n) is 14.2. The molecule has 0 radical (unpaired) electrons. The summed E-state index contributed by atoms with van der Waals surface area (Å²) in [7, 11) is 0. The first-order chi connectivity index (χ1) is 12.5. The predicted octanol–water partition coefficient (Wildman–Crippen LogP) is 5.19. The van der Waals surface area contributed by atoms with Crippen molar-refractivity contribution in [3.63, 3.8) is 0 Å². The Bertz CT molecular complexity index is 940. The van der Waals surface area contributed by atoms with E-state index in [9.17, 15) is 9.90 Å². The molecule has 0 atom stereocenters. The molecule has 1 amide bonds. The summed E-state index contributed by atoms with van der Waals surface area (Å²) in [6, 6.07) is 19.4. The lowest BCUT2D eigenvalue weighted by Crippen LogP contribution is -2.12. The predicted molar refractivity (Wildman–Crippen MR) is 103 cm³/mol. The average molecular weight is 368 g/mol. The maximum absolute atomic E-state index is 12.4. The number of aryl methyl sites for hydroxylation is 1. The SMILES string of the molecule is Cc1ccccc1COc1cccc(NC(=O)c2cc(Cl)ccc2O)c1. The number of phenolic OH excluding ortho intramolecular Hbond substituents is 1. The van der Waals surface area contributed by atoms with Crippen LogP contribution in [0.25, 0.3) is 0 Å². The maximum atomic E-state index is 12.4. The molecule has 2 N–H and O–H groups in total. The number of aromatic hydroxyl groups is 1. The topological polar surface area (TPSA) is 58.6 Å². The summed E-state index contributed by atoms with van der Waals surface area (Å²) >= 11 is 5.89. The van der Waals surface area contributed by atoms with Crippen LogP contribution in [0.1, 0.15) is 21.5 Å². The second-order valence-corrected chi connectivity index (χ2v) is 6.30. The lowest BCUT2D eigenvalue weighted by atomic mass is 10.1. The molecule has 5 heteroatoms. The second-order valence-electron chi connectivity index (χ2n) is 5.86. The highest BCUT2D eigenvalue weighted by atomic mass is 35.5. The largest absolute Gasteiger partial charge is 0.507 e. The quantitative estimate of drug-likeness (QED) is 0.652. The second kappa shape index (κ2) is 7.93. The number of benzene rings is 3. The van der Waals surface area contributed by atoms with E-state index in [0.717, 1.165) is 11.1 Å². The number of carbonyl (C=O) groups is 1. The molecule has 0 bridgehead atoms. The Kier molecular flexibility index (Phi) is 5.44. The minimum atomic E-state index is -0.443. The van der Waals surface area contributed by atoms with E-state index < -0.39 is 5.91 Å². The summed E-state index contributed by atoms with van der Waals surface area (Å²) in [4.78, 5) is 12.4. The number of ether oxygens (including phenoxy) is 1. The van der Waals surface area contributed by atoms with Crippen molar-refractivity contribution in [1.82, 2.24) is 0 Å². The van der Waals surface area contributed by atoms with Crippen molar-refractivity contribution in [1.29, 1.82) is 0 Å². The first-order valence-corrected chi connectivity index (χ1v) is 8.48. The van der Waals surface area contributed by atoms with E-state index in [1.54, 1.807) is 18.2 Å². The minimum absolute atomic E-state index is 0.115. The average Bonchev–Trinajstić information content (AvgIpc) is 2.63. The summed E-state index contributed by atoms with van der Waals surface area (Å²) in [6.45, 7) is 2.48. The van der Waals surface area contributed by atoms with Crippen LogP contribution in [-0.2, 0) is 6.61 Å². The van der Waals surface area contributed by atoms with Crippen LogP contribution in [0.5, 0.6) is 11.5 Å². The summed E-state index contributed by atoms with van der Waals surface area (Å²) in [5, 5.41) is 12.9. The molecular formula is C21H18ClNO3.